The summed E-state index contributed by atoms with van der Waals surface area (Å²) in [5, 5.41) is 4.45. The number of rotatable bonds is 5. The van der Waals surface area contributed by atoms with E-state index in [1.807, 2.05) is 31.8 Å². The Morgan fingerprint density at radius 2 is 2.00 bits per heavy atom. The van der Waals surface area contributed by atoms with Crippen LogP contribution < -0.4 is 0 Å². The van der Waals surface area contributed by atoms with E-state index in [9.17, 15) is 4.79 Å². The summed E-state index contributed by atoms with van der Waals surface area (Å²) in [5.74, 6) is 0.358. The molecule has 1 aliphatic carbocycles. The molecule has 0 saturated heterocycles. The molecule has 1 saturated carbocycles. The van der Waals surface area contributed by atoms with E-state index in [1.165, 1.54) is 6.42 Å². The van der Waals surface area contributed by atoms with Gasteiger partial charge >= 0.3 is 0 Å². The predicted molar refractivity (Wildman–Crippen MR) is 80.9 cm³/mol. The molecule has 0 unspecified atom stereocenters. The van der Waals surface area contributed by atoms with Crippen molar-refractivity contribution in [3.63, 3.8) is 0 Å². The fraction of sp³-hybridized carbons (Fsp3) is 0.750. The fourth-order valence-corrected chi connectivity index (χ4v) is 3.46. The Morgan fingerprint density at radius 1 is 1.35 bits per heavy atom. The summed E-state index contributed by atoms with van der Waals surface area (Å²) in [7, 11) is 4.09. The van der Waals surface area contributed by atoms with E-state index in [2.05, 4.69) is 16.9 Å². The van der Waals surface area contributed by atoms with Crippen LogP contribution in [-0.2, 0) is 17.8 Å². The Bertz CT molecular complexity index is 470. The number of hydrogen-bond acceptors (Lipinski definition) is 3. The number of carbonyl (C=O) groups is 1. The third kappa shape index (κ3) is 2.80. The van der Waals surface area contributed by atoms with Gasteiger partial charge in [-0.1, -0.05) is 19.3 Å². The van der Waals surface area contributed by atoms with Crippen molar-refractivity contribution in [1.29, 1.82) is 0 Å². The molecule has 0 radical (unpaired) electrons. The molecule has 4 heteroatoms. The maximum absolute atomic E-state index is 12.9. The molecule has 0 bridgehead atoms. The third-order valence-electron chi connectivity index (χ3n) is 4.68. The smallest absolute Gasteiger partial charge is 0.158 e. The molecule has 2 rings (SSSR count). The van der Waals surface area contributed by atoms with Crippen molar-refractivity contribution in [3.05, 3.63) is 17.5 Å². The first-order valence-corrected chi connectivity index (χ1v) is 7.73. The highest BCUT2D eigenvalue weighted by Gasteiger charge is 2.41. The molecule has 0 aromatic carbocycles. The summed E-state index contributed by atoms with van der Waals surface area (Å²) >= 11 is 0. The van der Waals surface area contributed by atoms with Crippen LogP contribution in [0.1, 0.15) is 50.4 Å². The lowest BCUT2D eigenvalue weighted by molar-refractivity contribution is -0.131. The number of Topliss-reactive ketones (excluding diaryl/α,β-unsaturated/α-hetero) is 1. The highest BCUT2D eigenvalue weighted by atomic mass is 16.1. The van der Waals surface area contributed by atoms with Gasteiger partial charge in [-0.3, -0.25) is 14.4 Å². The average Bonchev–Trinajstić information content (AvgIpc) is 2.79. The van der Waals surface area contributed by atoms with Gasteiger partial charge in [-0.05, 0) is 46.9 Å². The molecule has 0 atom stereocenters. The highest BCUT2D eigenvalue weighted by Crippen LogP contribution is 2.34. The quantitative estimate of drug-likeness (QED) is 0.830. The second kappa shape index (κ2) is 6.08. The van der Waals surface area contributed by atoms with Crippen LogP contribution in [0.4, 0.5) is 0 Å². The van der Waals surface area contributed by atoms with Crippen LogP contribution in [-0.4, -0.2) is 40.1 Å². The normalized spacial score (nSPS) is 18.4. The van der Waals surface area contributed by atoms with Gasteiger partial charge in [-0.2, -0.15) is 5.10 Å². The summed E-state index contributed by atoms with van der Waals surface area (Å²) < 4.78 is 1.96. The van der Waals surface area contributed by atoms with Gasteiger partial charge in [0, 0.05) is 12.2 Å². The number of nitrogens with zero attached hydrogens (tertiary/aromatic N) is 3. The van der Waals surface area contributed by atoms with Crippen LogP contribution >= 0.6 is 0 Å². The lowest BCUT2D eigenvalue weighted by Gasteiger charge is -2.41. The van der Waals surface area contributed by atoms with E-state index >= 15 is 0 Å². The van der Waals surface area contributed by atoms with Gasteiger partial charge < -0.3 is 0 Å². The van der Waals surface area contributed by atoms with E-state index in [0.29, 0.717) is 12.2 Å². The number of aromatic nitrogens is 2. The van der Waals surface area contributed by atoms with Crippen LogP contribution in [0.5, 0.6) is 0 Å². The van der Waals surface area contributed by atoms with E-state index in [4.69, 9.17) is 0 Å². The minimum Gasteiger partial charge on any atom is -0.297 e. The first-order valence-electron chi connectivity index (χ1n) is 7.73. The largest absolute Gasteiger partial charge is 0.297 e. The highest BCUT2D eigenvalue weighted by molar-refractivity contribution is 5.90. The van der Waals surface area contributed by atoms with Crippen molar-refractivity contribution < 1.29 is 4.79 Å². The van der Waals surface area contributed by atoms with Gasteiger partial charge in [0.05, 0.1) is 17.7 Å². The Morgan fingerprint density at radius 3 is 2.55 bits per heavy atom. The summed E-state index contributed by atoms with van der Waals surface area (Å²) in [6, 6.07) is 2.05. The van der Waals surface area contributed by atoms with E-state index in [0.717, 1.165) is 43.6 Å². The zero-order chi connectivity index (χ0) is 14.8. The SMILES string of the molecule is CCn1nc(C)cc1CC(=O)C1(N(C)C)CCCCC1. The zero-order valence-electron chi connectivity index (χ0n) is 13.3. The molecule has 0 spiro atoms. The fourth-order valence-electron chi connectivity index (χ4n) is 3.46. The Balaban J connectivity index is 2.20. The minimum atomic E-state index is -0.255. The lowest BCUT2D eigenvalue weighted by atomic mass is 9.76. The molecular formula is C16H27N3O. The zero-order valence-corrected chi connectivity index (χ0v) is 13.3. The molecule has 1 aromatic heterocycles. The third-order valence-corrected chi connectivity index (χ3v) is 4.68. The number of aryl methyl sites for hydroxylation is 2. The van der Waals surface area contributed by atoms with Crippen LogP contribution in [0.15, 0.2) is 6.07 Å². The number of hydrogen-bond donors (Lipinski definition) is 0. The van der Waals surface area contributed by atoms with Gasteiger partial charge in [0.25, 0.3) is 0 Å². The van der Waals surface area contributed by atoms with E-state index in [-0.39, 0.29) is 5.54 Å². The van der Waals surface area contributed by atoms with Crippen LogP contribution in [0.2, 0.25) is 0 Å². The molecule has 1 heterocycles. The lowest BCUT2D eigenvalue weighted by Crippen LogP contribution is -2.53. The topological polar surface area (TPSA) is 38.1 Å². The monoisotopic (exact) mass is 277 g/mol. The van der Waals surface area contributed by atoms with Crippen molar-refractivity contribution in [2.45, 2.75) is 64.5 Å². The number of ketones is 1. The summed E-state index contributed by atoms with van der Waals surface area (Å²) in [6.45, 7) is 4.89. The number of likely N-dealkylation sites (N-methyl/N-ethyl adjacent to an activating group) is 1. The Hall–Kier alpha value is -1.16. The van der Waals surface area contributed by atoms with Crippen LogP contribution in [0, 0.1) is 6.92 Å². The predicted octanol–water partition coefficient (Wildman–Crippen LogP) is 2.59. The molecule has 0 aliphatic heterocycles. The first kappa shape index (κ1) is 15.2. The molecular weight excluding hydrogens is 250 g/mol. The molecule has 112 valence electrons. The molecule has 1 aliphatic rings. The summed E-state index contributed by atoms with van der Waals surface area (Å²) in [4.78, 5) is 15.1. The Kier molecular flexibility index (Phi) is 4.63. The second-order valence-electron chi connectivity index (χ2n) is 6.18. The maximum atomic E-state index is 12.9. The van der Waals surface area contributed by atoms with Crippen molar-refractivity contribution in [2.24, 2.45) is 0 Å². The van der Waals surface area contributed by atoms with Gasteiger partial charge in [0.15, 0.2) is 5.78 Å². The van der Waals surface area contributed by atoms with Crippen molar-refractivity contribution in [2.75, 3.05) is 14.1 Å². The van der Waals surface area contributed by atoms with Gasteiger partial charge in [0.1, 0.15) is 0 Å². The Labute approximate surface area is 122 Å². The molecule has 1 fully saturated rings. The van der Waals surface area contributed by atoms with Crippen molar-refractivity contribution in [3.8, 4) is 0 Å². The van der Waals surface area contributed by atoms with Crippen LogP contribution in [0.25, 0.3) is 0 Å². The molecule has 20 heavy (non-hydrogen) atoms. The minimum absolute atomic E-state index is 0.255. The van der Waals surface area contributed by atoms with E-state index in [1.54, 1.807) is 0 Å². The summed E-state index contributed by atoms with van der Waals surface area (Å²) in [6.07, 6.45) is 6.09. The molecule has 4 nitrogen and oxygen atoms in total. The molecule has 0 N–H and O–H groups in total. The molecule has 0 amide bonds. The van der Waals surface area contributed by atoms with Gasteiger partial charge in [-0.25, -0.2) is 0 Å². The second-order valence-corrected chi connectivity index (χ2v) is 6.18. The number of carbonyl (C=O) groups excluding carboxylic acids is 1. The van der Waals surface area contributed by atoms with Gasteiger partial charge in [-0.15, -0.1) is 0 Å². The van der Waals surface area contributed by atoms with Crippen LogP contribution in [0.3, 0.4) is 0 Å². The summed E-state index contributed by atoms with van der Waals surface area (Å²) in [5.41, 5.74) is 1.80. The first-order chi connectivity index (χ1) is 9.49. The molecule has 1 aromatic rings. The van der Waals surface area contributed by atoms with Gasteiger partial charge in [0.2, 0.25) is 0 Å². The van der Waals surface area contributed by atoms with Crippen molar-refractivity contribution >= 4 is 5.78 Å². The average molecular weight is 277 g/mol. The maximum Gasteiger partial charge on any atom is 0.158 e. The standard InChI is InChI=1S/C16H27N3O/c1-5-19-14(11-13(2)17-19)12-15(20)16(18(3)4)9-7-6-8-10-16/h11H,5-10,12H2,1-4H3. The van der Waals surface area contributed by atoms with E-state index < -0.39 is 0 Å². The van der Waals surface area contributed by atoms with Crippen molar-refractivity contribution in [1.82, 2.24) is 14.7 Å².